The second-order valence-corrected chi connectivity index (χ2v) is 8.51. The molecule has 154 valence electrons. The molecule has 5 heteroatoms. The van der Waals surface area contributed by atoms with E-state index < -0.39 is 0 Å². The van der Waals surface area contributed by atoms with Crippen LogP contribution in [0.1, 0.15) is 29.5 Å². The fourth-order valence-electron chi connectivity index (χ4n) is 4.41. The first kappa shape index (κ1) is 19.9. The minimum Gasteiger partial charge on any atom is -0.493 e. The van der Waals surface area contributed by atoms with Crippen molar-refractivity contribution in [2.75, 3.05) is 45.9 Å². The smallest absolute Gasteiger partial charge is 0.275 e. The predicted octanol–water partition coefficient (Wildman–Crippen LogP) is -0.175. The highest BCUT2D eigenvalue weighted by Gasteiger charge is 2.25. The first-order chi connectivity index (χ1) is 14.2. The van der Waals surface area contributed by atoms with E-state index in [1.165, 1.54) is 21.6 Å². The molecule has 0 radical (unpaired) electrons. The quantitative estimate of drug-likeness (QED) is 0.610. The summed E-state index contributed by atoms with van der Waals surface area (Å²) in [6.45, 7) is 9.71. The zero-order valence-electron chi connectivity index (χ0n) is 17.4. The third kappa shape index (κ3) is 5.37. The molecule has 0 aliphatic carbocycles. The second-order valence-electron chi connectivity index (χ2n) is 8.51. The van der Waals surface area contributed by atoms with Crippen LogP contribution in [0.3, 0.4) is 0 Å². The molecule has 2 heterocycles. The van der Waals surface area contributed by atoms with Crippen LogP contribution in [-0.4, -0.2) is 51.8 Å². The molecule has 29 heavy (non-hydrogen) atoms. The average Bonchev–Trinajstić information content (AvgIpc) is 3.22. The third-order valence-corrected chi connectivity index (χ3v) is 6.26. The van der Waals surface area contributed by atoms with Crippen LogP contribution in [0.5, 0.6) is 5.75 Å². The second kappa shape index (κ2) is 9.42. The summed E-state index contributed by atoms with van der Waals surface area (Å²) in [5.74, 6) is 1.57. The number of hydrogen-bond acceptors (Lipinski definition) is 2. The first-order valence-electron chi connectivity index (χ1n) is 10.9. The van der Waals surface area contributed by atoms with Gasteiger partial charge in [0.2, 0.25) is 0 Å². The van der Waals surface area contributed by atoms with E-state index in [-0.39, 0.29) is 5.91 Å². The van der Waals surface area contributed by atoms with Gasteiger partial charge in [0.1, 0.15) is 38.5 Å². The van der Waals surface area contributed by atoms with Gasteiger partial charge in [-0.1, -0.05) is 37.3 Å². The molecular weight excluding hydrogens is 362 g/mol. The molecule has 2 aromatic rings. The van der Waals surface area contributed by atoms with Crippen LogP contribution in [0.4, 0.5) is 0 Å². The number of hydrogen-bond donors (Lipinski definition) is 3. The van der Waals surface area contributed by atoms with Crippen molar-refractivity contribution < 1.29 is 19.3 Å². The van der Waals surface area contributed by atoms with E-state index in [4.69, 9.17) is 4.74 Å². The molecule has 0 saturated carbocycles. The molecule has 4 rings (SSSR count). The van der Waals surface area contributed by atoms with Crippen molar-refractivity contribution in [1.29, 1.82) is 0 Å². The van der Waals surface area contributed by atoms with E-state index in [2.05, 4.69) is 54.7 Å². The van der Waals surface area contributed by atoms with Gasteiger partial charge in [-0.2, -0.15) is 0 Å². The summed E-state index contributed by atoms with van der Waals surface area (Å²) in [6.07, 6.45) is 1.04. The largest absolute Gasteiger partial charge is 0.493 e. The lowest BCUT2D eigenvalue weighted by Gasteiger charge is -2.29. The Labute approximate surface area is 173 Å². The summed E-state index contributed by atoms with van der Waals surface area (Å²) in [5.41, 5.74) is 4.03. The van der Waals surface area contributed by atoms with Crippen molar-refractivity contribution in [3.63, 3.8) is 0 Å². The minimum atomic E-state index is 0.171. The molecule has 1 saturated heterocycles. The highest BCUT2D eigenvalue weighted by atomic mass is 16.5. The highest BCUT2D eigenvalue weighted by molar-refractivity contribution is 5.76. The van der Waals surface area contributed by atoms with Crippen LogP contribution < -0.4 is 19.9 Å². The van der Waals surface area contributed by atoms with Gasteiger partial charge in [0.05, 0.1) is 6.61 Å². The molecule has 0 aromatic heterocycles. The topological polar surface area (TPSA) is 47.2 Å². The van der Waals surface area contributed by atoms with Crippen LogP contribution in [0.2, 0.25) is 0 Å². The standard InChI is InChI=1S/C24H31N3O2/c1-19(21-5-3-2-4-6-21)16-25-24(28)18-27-12-10-26(11-13-27)17-20-7-8-23-22(15-20)9-14-29-23/h2-8,15,19H,9-14,16-18H2,1H3,(H,25,28)/p+2/t19-/m1/s1. The lowest BCUT2D eigenvalue weighted by atomic mass is 10.0. The number of fused-ring (bicyclic) bond motifs is 1. The van der Waals surface area contributed by atoms with Gasteiger partial charge in [-0.05, 0) is 35.2 Å². The van der Waals surface area contributed by atoms with Crippen LogP contribution in [0, 0.1) is 0 Å². The minimum absolute atomic E-state index is 0.171. The number of benzene rings is 2. The zero-order valence-corrected chi connectivity index (χ0v) is 17.4. The van der Waals surface area contributed by atoms with E-state index in [1.807, 2.05) is 6.07 Å². The Morgan fingerprint density at radius 2 is 1.83 bits per heavy atom. The Morgan fingerprint density at radius 1 is 1.07 bits per heavy atom. The van der Waals surface area contributed by atoms with Crippen LogP contribution in [0.25, 0.3) is 0 Å². The zero-order chi connectivity index (χ0) is 20.1. The molecule has 2 aromatic carbocycles. The SMILES string of the molecule is C[C@H](CNC(=O)C[NH+]1CC[NH+](Cc2ccc3c(c2)CCO3)CC1)c1ccccc1. The number of ether oxygens (including phenoxy) is 1. The molecule has 1 amide bonds. The Kier molecular flexibility index (Phi) is 6.47. The monoisotopic (exact) mass is 395 g/mol. The van der Waals surface area contributed by atoms with Crippen molar-refractivity contribution in [1.82, 2.24) is 5.32 Å². The summed E-state index contributed by atoms with van der Waals surface area (Å²) in [6, 6.07) is 17.0. The lowest BCUT2D eigenvalue weighted by molar-refractivity contribution is -1.02. The fourth-order valence-corrected chi connectivity index (χ4v) is 4.41. The Bertz CT molecular complexity index is 816. The molecule has 0 spiro atoms. The van der Waals surface area contributed by atoms with Crippen LogP contribution in [0.15, 0.2) is 48.5 Å². The number of quaternary nitrogens is 2. The number of carbonyl (C=O) groups is 1. The maximum Gasteiger partial charge on any atom is 0.275 e. The van der Waals surface area contributed by atoms with Gasteiger partial charge in [-0.25, -0.2) is 0 Å². The Hall–Kier alpha value is -2.37. The van der Waals surface area contributed by atoms with Crippen LogP contribution in [-0.2, 0) is 17.8 Å². The molecule has 1 fully saturated rings. The number of rotatable bonds is 7. The fraction of sp³-hybridized carbons (Fsp3) is 0.458. The number of amides is 1. The predicted molar refractivity (Wildman–Crippen MR) is 113 cm³/mol. The van der Waals surface area contributed by atoms with Crippen molar-refractivity contribution in [2.24, 2.45) is 0 Å². The third-order valence-electron chi connectivity index (χ3n) is 6.26. The van der Waals surface area contributed by atoms with E-state index in [0.29, 0.717) is 19.0 Å². The number of piperazine rings is 1. The molecule has 1 atom stereocenters. The molecule has 3 N–H and O–H groups in total. The molecule has 0 unspecified atom stereocenters. The van der Waals surface area contributed by atoms with Gasteiger partial charge in [0.15, 0.2) is 6.54 Å². The summed E-state index contributed by atoms with van der Waals surface area (Å²) < 4.78 is 5.61. The summed E-state index contributed by atoms with van der Waals surface area (Å²) >= 11 is 0. The molecule has 0 bridgehead atoms. The van der Waals surface area contributed by atoms with E-state index >= 15 is 0 Å². The first-order valence-corrected chi connectivity index (χ1v) is 10.9. The summed E-state index contributed by atoms with van der Waals surface area (Å²) in [7, 11) is 0. The number of carbonyl (C=O) groups excluding carboxylic acids is 1. The van der Waals surface area contributed by atoms with Gasteiger partial charge >= 0.3 is 0 Å². The Balaban J connectivity index is 1.17. The Morgan fingerprint density at radius 3 is 2.62 bits per heavy atom. The van der Waals surface area contributed by atoms with Gasteiger partial charge in [-0.15, -0.1) is 0 Å². The summed E-state index contributed by atoms with van der Waals surface area (Å²) in [5, 5.41) is 3.12. The maximum atomic E-state index is 12.4. The lowest BCUT2D eigenvalue weighted by Crippen LogP contribution is -3.28. The van der Waals surface area contributed by atoms with Gasteiger partial charge < -0.3 is 19.9 Å². The van der Waals surface area contributed by atoms with Gasteiger partial charge in [-0.3, -0.25) is 4.79 Å². The number of nitrogens with one attached hydrogen (secondary N) is 3. The van der Waals surface area contributed by atoms with Crippen molar-refractivity contribution in [3.05, 3.63) is 65.2 Å². The van der Waals surface area contributed by atoms with Crippen LogP contribution >= 0.6 is 0 Å². The van der Waals surface area contributed by atoms with Crippen molar-refractivity contribution in [2.45, 2.75) is 25.8 Å². The van der Waals surface area contributed by atoms with E-state index in [1.54, 1.807) is 4.90 Å². The average molecular weight is 396 g/mol. The summed E-state index contributed by atoms with van der Waals surface area (Å²) in [4.78, 5) is 15.4. The van der Waals surface area contributed by atoms with E-state index in [9.17, 15) is 4.79 Å². The molecule has 5 nitrogen and oxygen atoms in total. The molecule has 2 aliphatic heterocycles. The van der Waals surface area contributed by atoms with Crippen molar-refractivity contribution >= 4 is 5.91 Å². The van der Waals surface area contributed by atoms with Gasteiger partial charge in [0.25, 0.3) is 5.91 Å². The molecular formula is C24H33N3O2+2. The maximum absolute atomic E-state index is 12.4. The highest BCUT2D eigenvalue weighted by Crippen LogP contribution is 2.25. The van der Waals surface area contributed by atoms with Gasteiger partial charge in [0, 0.05) is 18.5 Å². The normalized spacial score (nSPS) is 21.8. The molecule has 2 aliphatic rings. The van der Waals surface area contributed by atoms with E-state index in [0.717, 1.165) is 51.5 Å². The van der Waals surface area contributed by atoms with Crippen molar-refractivity contribution in [3.8, 4) is 5.75 Å².